The molecular weight excluding hydrogens is 234 g/mol. The molecule has 0 spiro atoms. The van der Waals surface area contributed by atoms with Gasteiger partial charge in [-0.25, -0.2) is 8.42 Å². The number of piperidine rings is 1. The second kappa shape index (κ2) is 4.54. The van der Waals surface area contributed by atoms with Crippen LogP contribution < -0.4 is 0 Å². The predicted octanol–water partition coefficient (Wildman–Crippen LogP) is 3.02. The first-order valence-corrected chi connectivity index (χ1v) is 7.97. The number of hydrogen-bond donors (Lipinski definition) is 0. The Kier molecular flexibility index (Phi) is 4.00. The van der Waals surface area contributed by atoms with Crippen molar-refractivity contribution in [2.75, 3.05) is 6.54 Å². The van der Waals surface area contributed by atoms with Crippen molar-refractivity contribution >= 4 is 10.0 Å². The van der Waals surface area contributed by atoms with E-state index in [4.69, 9.17) is 0 Å². The monoisotopic (exact) mass is 261 g/mol. The van der Waals surface area contributed by atoms with Crippen molar-refractivity contribution < 1.29 is 8.42 Å². The fourth-order valence-electron chi connectivity index (χ4n) is 2.11. The average molecular weight is 261 g/mol. The normalized spacial score (nSPS) is 24.9. The zero-order chi connectivity index (χ0) is 13.5. The Morgan fingerprint density at radius 1 is 1.06 bits per heavy atom. The van der Waals surface area contributed by atoms with Crippen LogP contribution in [0, 0.1) is 5.41 Å². The molecule has 0 aromatic rings. The van der Waals surface area contributed by atoms with Crippen molar-refractivity contribution in [3.8, 4) is 0 Å². The summed E-state index contributed by atoms with van der Waals surface area (Å²) < 4.78 is 26.6. The van der Waals surface area contributed by atoms with Gasteiger partial charge in [-0.1, -0.05) is 27.2 Å². The van der Waals surface area contributed by atoms with Crippen LogP contribution in [-0.2, 0) is 10.0 Å². The van der Waals surface area contributed by atoms with Crippen molar-refractivity contribution in [1.29, 1.82) is 0 Å². The second-order valence-corrected chi connectivity index (χ2v) is 9.16. The van der Waals surface area contributed by atoms with Gasteiger partial charge in [-0.2, -0.15) is 4.31 Å². The van der Waals surface area contributed by atoms with E-state index in [-0.39, 0.29) is 11.5 Å². The molecule has 0 N–H and O–H groups in total. The van der Waals surface area contributed by atoms with Gasteiger partial charge >= 0.3 is 0 Å². The molecule has 1 atom stereocenters. The molecule has 1 unspecified atom stereocenters. The number of nitrogens with zero attached hydrogens (tertiary/aromatic N) is 1. The maximum absolute atomic E-state index is 12.8. The van der Waals surface area contributed by atoms with Gasteiger partial charge in [0.2, 0.25) is 10.0 Å². The molecule has 0 saturated carbocycles. The van der Waals surface area contributed by atoms with E-state index in [0.717, 1.165) is 19.3 Å². The summed E-state index contributed by atoms with van der Waals surface area (Å²) in [7, 11) is -3.24. The summed E-state index contributed by atoms with van der Waals surface area (Å²) >= 11 is 0. The maximum atomic E-state index is 12.8. The molecule has 1 aliphatic heterocycles. The van der Waals surface area contributed by atoms with Gasteiger partial charge in [-0.3, -0.25) is 0 Å². The van der Waals surface area contributed by atoms with E-state index >= 15 is 0 Å². The van der Waals surface area contributed by atoms with Gasteiger partial charge in [0, 0.05) is 12.6 Å². The highest BCUT2D eigenvalue weighted by Crippen LogP contribution is 2.40. The number of rotatable bonds is 2. The van der Waals surface area contributed by atoms with Gasteiger partial charge in [0.1, 0.15) is 0 Å². The van der Waals surface area contributed by atoms with Gasteiger partial charge in [-0.05, 0) is 39.0 Å². The van der Waals surface area contributed by atoms with E-state index in [1.54, 1.807) is 4.31 Å². The first-order chi connectivity index (χ1) is 7.52. The Hall–Kier alpha value is -0.0900. The van der Waals surface area contributed by atoms with Gasteiger partial charge in [0.25, 0.3) is 0 Å². The quantitative estimate of drug-likeness (QED) is 0.766. The van der Waals surface area contributed by atoms with E-state index in [1.165, 1.54) is 0 Å². The lowest BCUT2D eigenvalue weighted by Crippen LogP contribution is -2.55. The van der Waals surface area contributed by atoms with Crippen LogP contribution in [0.25, 0.3) is 0 Å². The fraction of sp³-hybridized carbons (Fsp3) is 1.00. The van der Waals surface area contributed by atoms with Crippen LogP contribution in [0.15, 0.2) is 0 Å². The van der Waals surface area contributed by atoms with Crippen molar-refractivity contribution in [2.24, 2.45) is 5.41 Å². The summed E-state index contributed by atoms with van der Waals surface area (Å²) in [6.07, 6.45) is 3.12. The SMILES string of the molecule is CC1CCCCN1S(=O)(=O)C(C)(C)C(C)(C)C. The van der Waals surface area contributed by atoms with E-state index in [2.05, 4.69) is 0 Å². The van der Waals surface area contributed by atoms with Gasteiger partial charge in [0.15, 0.2) is 0 Å². The van der Waals surface area contributed by atoms with E-state index < -0.39 is 14.8 Å². The summed E-state index contributed by atoms with van der Waals surface area (Å²) in [5.41, 5.74) is -0.261. The molecular formula is C13H27NO2S. The lowest BCUT2D eigenvalue weighted by atomic mass is 9.83. The molecule has 4 heteroatoms. The first kappa shape index (κ1) is 15.0. The van der Waals surface area contributed by atoms with Crippen molar-refractivity contribution in [2.45, 2.75) is 71.6 Å². The van der Waals surface area contributed by atoms with Crippen molar-refractivity contribution in [3.05, 3.63) is 0 Å². The third kappa shape index (κ3) is 2.53. The van der Waals surface area contributed by atoms with Crippen LogP contribution in [0.4, 0.5) is 0 Å². The Morgan fingerprint density at radius 3 is 2.00 bits per heavy atom. The van der Waals surface area contributed by atoms with Crippen LogP contribution in [0.5, 0.6) is 0 Å². The van der Waals surface area contributed by atoms with Gasteiger partial charge in [0.05, 0.1) is 4.75 Å². The van der Waals surface area contributed by atoms with Crippen LogP contribution in [0.3, 0.4) is 0 Å². The maximum Gasteiger partial charge on any atom is 0.220 e. The lowest BCUT2D eigenvalue weighted by molar-refractivity contribution is 0.234. The summed E-state index contributed by atoms with van der Waals surface area (Å²) in [5, 5.41) is 0. The highest BCUT2D eigenvalue weighted by molar-refractivity contribution is 7.90. The smallest absolute Gasteiger partial charge is 0.212 e. The highest BCUT2D eigenvalue weighted by Gasteiger charge is 2.48. The third-order valence-corrected chi connectivity index (χ3v) is 7.56. The molecule has 0 amide bonds. The molecule has 17 heavy (non-hydrogen) atoms. The zero-order valence-electron chi connectivity index (χ0n) is 12.1. The molecule has 0 aromatic heterocycles. The van der Waals surface area contributed by atoms with E-state index in [0.29, 0.717) is 6.54 Å². The largest absolute Gasteiger partial charge is 0.220 e. The molecule has 0 aromatic carbocycles. The van der Waals surface area contributed by atoms with Crippen molar-refractivity contribution in [3.63, 3.8) is 0 Å². The summed E-state index contributed by atoms with van der Waals surface area (Å²) in [6, 6.07) is 0.148. The zero-order valence-corrected chi connectivity index (χ0v) is 12.9. The Labute approximate surface area is 107 Å². The molecule has 1 saturated heterocycles. The van der Waals surface area contributed by atoms with E-state index in [9.17, 15) is 8.42 Å². The highest BCUT2D eigenvalue weighted by atomic mass is 32.2. The molecule has 1 rings (SSSR count). The van der Waals surface area contributed by atoms with Crippen LogP contribution in [-0.4, -0.2) is 30.1 Å². The minimum atomic E-state index is -3.24. The van der Waals surface area contributed by atoms with Crippen molar-refractivity contribution in [1.82, 2.24) is 4.31 Å². The Balaban J connectivity index is 3.10. The molecule has 102 valence electrons. The second-order valence-electron chi connectivity index (χ2n) is 6.72. The van der Waals surface area contributed by atoms with Crippen LogP contribution in [0.2, 0.25) is 0 Å². The summed E-state index contributed by atoms with van der Waals surface area (Å²) in [6.45, 7) is 12.4. The molecule has 0 bridgehead atoms. The van der Waals surface area contributed by atoms with Gasteiger partial charge in [-0.15, -0.1) is 0 Å². The molecule has 0 radical (unpaired) electrons. The summed E-state index contributed by atoms with van der Waals surface area (Å²) in [5.74, 6) is 0. The predicted molar refractivity (Wildman–Crippen MR) is 72.5 cm³/mol. The molecule has 1 heterocycles. The Bertz CT molecular complexity index is 365. The lowest BCUT2D eigenvalue weighted by Gasteiger charge is -2.44. The molecule has 3 nitrogen and oxygen atoms in total. The van der Waals surface area contributed by atoms with E-state index in [1.807, 2.05) is 41.5 Å². The summed E-state index contributed by atoms with van der Waals surface area (Å²) in [4.78, 5) is 0. The minimum Gasteiger partial charge on any atom is -0.212 e. The number of sulfonamides is 1. The topological polar surface area (TPSA) is 37.4 Å². The minimum absolute atomic E-state index is 0.148. The first-order valence-electron chi connectivity index (χ1n) is 6.53. The van der Waals surface area contributed by atoms with Crippen LogP contribution >= 0.6 is 0 Å². The average Bonchev–Trinajstić information content (AvgIpc) is 2.16. The van der Waals surface area contributed by atoms with Crippen LogP contribution in [0.1, 0.15) is 60.8 Å². The number of hydrogen-bond acceptors (Lipinski definition) is 2. The Morgan fingerprint density at radius 2 is 1.59 bits per heavy atom. The third-order valence-electron chi connectivity index (χ3n) is 4.50. The standard InChI is InChI=1S/C13H27NO2S/c1-11-9-7-8-10-14(11)17(15,16)13(5,6)12(2,3)4/h11H,7-10H2,1-6H3. The fourth-order valence-corrected chi connectivity index (χ4v) is 4.42. The molecule has 1 aliphatic rings. The molecule has 1 fully saturated rings. The molecule has 0 aliphatic carbocycles. The van der Waals surface area contributed by atoms with Gasteiger partial charge < -0.3 is 0 Å².